The van der Waals surface area contributed by atoms with Crippen molar-refractivity contribution in [3.63, 3.8) is 0 Å². The number of nitrogens with zero attached hydrogens (tertiary/aromatic N) is 5. The van der Waals surface area contributed by atoms with E-state index in [0.717, 1.165) is 62.6 Å². The van der Waals surface area contributed by atoms with Crippen molar-refractivity contribution in [2.24, 2.45) is 0 Å². The average Bonchev–Trinajstić information content (AvgIpc) is 3.11. The Morgan fingerprint density at radius 3 is 2.18 bits per heavy atom. The van der Waals surface area contributed by atoms with E-state index in [1.54, 1.807) is 18.2 Å². The fourth-order valence-corrected chi connectivity index (χ4v) is 4.55. The Kier molecular flexibility index (Phi) is 6.22. The van der Waals surface area contributed by atoms with Crippen LogP contribution in [0.4, 0.5) is 11.6 Å². The van der Waals surface area contributed by atoms with Crippen LogP contribution < -0.4 is 10.6 Å². The molecular weight excluding hydrogens is 428 g/mol. The van der Waals surface area contributed by atoms with E-state index in [4.69, 9.17) is 5.73 Å². The Labute approximate surface area is 199 Å². The number of imide groups is 1. The summed E-state index contributed by atoms with van der Waals surface area (Å²) in [7, 11) is 0. The fourth-order valence-electron chi connectivity index (χ4n) is 4.55. The van der Waals surface area contributed by atoms with Crippen molar-refractivity contribution in [1.29, 1.82) is 0 Å². The van der Waals surface area contributed by atoms with Crippen molar-refractivity contribution >= 4 is 23.5 Å². The van der Waals surface area contributed by atoms with Gasteiger partial charge in [-0.05, 0) is 43.1 Å². The van der Waals surface area contributed by atoms with E-state index < -0.39 is 0 Å². The van der Waals surface area contributed by atoms with E-state index >= 15 is 0 Å². The van der Waals surface area contributed by atoms with Crippen molar-refractivity contribution < 1.29 is 9.59 Å². The summed E-state index contributed by atoms with van der Waals surface area (Å²) in [5, 5.41) is 0. The van der Waals surface area contributed by atoms with Gasteiger partial charge in [0.1, 0.15) is 0 Å². The summed E-state index contributed by atoms with van der Waals surface area (Å²) in [4.78, 5) is 40.2. The van der Waals surface area contributed by atoms with Gasteiger partial charge in [0.2, 0.25) is 5.95 Å². The number of benzene rings is 2. The van der Waals surface area contributed by atoms with Crippen LogP contribution in [0.3, 0.4) is 0 Å². The number of carbonyl (C=O) groups excluding carboxylic acids is 2. The summed E-state index contributed by atoms with van der Waals surface area (Å²) < 4.78 is 0. The van der Waals surface area contributed by atoms with Crippen LogP contribution in [0.2, 0.25) is 0 Å². The van der Waals surface area contributed by atoms with E-state index in [9.17, 15) is 9.59 Å². The second-order valence-corrected chi connectivity index (χ2v) is 8.74. The van der Waals surface area contributed by atoms with Crippen LogP contribution >= 0.6 is 0 Å². The molecule has 8 heteroatoms. The van der Waals surface area contributed by atoms with Crippen LogP contribution in [0.25, 0.3) is 11.1 Å². The lowest BCUT2D eigenvalue weighted by molar-refractivity contribution is 0.0650. The second-order valence-electron chi connectivity index (χ2n) is 8.74. The summed E-state index contributed by atoms with van der Waals surface area (Å²) in [6.07, 6.45) is 5.48. The number of nitrogen functional groups attached to an aromatic ring is 1. The molecule has 174 valence electrons. The third kappa shape index (κ3) is 4.49. The Morgan fingerprint density at radius 1 is 0.765 bits per heavy atom. The number of nitrogens with two attached hydrogens (primary N) is 1. The maximum absolute atomic E-state index is 12.5. The first kappa shape index (κ1) is 22.0. The normalized spacial score (nSPS) is 16.2. The number of unbranched alkanes of at least 4 members (excludes halogenated alkanes) is 1. The highest BCUT2D eigenvalue weighted by molar-refractivity contribution is 6.21. The van der Waals surface area contributed by atoms with Crippen molar-refractivity contribution in [1.82, 2.24) is 19.8 Å². The summed E-state index contributed by atoms with van der Waals surface area (Å²) in [5.41, 5.74) is 9.27. The van der Waals surface area contributed by atoms with Crippen molar-refractivity contribution in [2.75, 3.05) is 49.9 Å². The lowest BCUT2D eigenvalue weighted by Crippen LogP contribution is -2.47. The molecule has 0 atom stereocenters. The molecule has 0 saturated carbocycles. The number of piperazine rings is 1. The summed E-state index contributed by atoms with van der Waals surface area (Å²) in [5.74, 6) is 0.316. The number of hydrogen-bond acceptors (Lipinski definition) is 7. The van der Waals surface area contributed by atoms with E-state index in [0.29, 0.717) is 23.4 Å². The average molecular weight is 457 g/mol. The van der Waals surface area contributed by atoms with Gasteiger partial charge in [-0.25, -0.2) is 9.97 Å². The van der Waals surface area contributed by atoms with Crippen LogP contribution in [0, 0.1) is 0 Å². The molecule has 0 bridgehead atoms. The largest absolute Gasteiger partial charge is 0.399 e. The van der Waals surface area contributed by atoms with Gasteiger partial charge in [0.15, 0.2) is 0 Å². The fraction of sp³-hybridized carbons (Fsp3) is 0.308. The van der Waals surface area contributed by atoms with E-state index in [1.807, 2.05) is 30.6 Å². The van der Waals surface area contributed by atoms with Gasteiger partial charge in [-0.2, -0.15) is 0 Å². The number of fused-ring (bicyclic) bond motifs is 1. The molecule has 0 aliphatic carbocycles. The molecule has 2 aliphatic rings. The minimum Gasteiger partial charge on any atom is -0.399 e. The zero-order valence-corrected chi connectivity index (χ0v) is 19.1. The van der Waals surface area contributed by atoms with Gasteiger partial charge in [0.25, 0.3) is 11.8 Å². The first-order valence-electron chi connectivity index (χ1n) is 11.7. The minimum absolute atomic E-state index is 0.216. The molecule has 1 saturated heterocycles. The highest BCUT2D eigenvalue weighted by Crippen LogP contribution is 2.25. The molecule has 2 aromatic carbocycles. The van der Waals surface area contributed by atoms with E-state index in [2.05, 4.69) is 31.9 Å². The van der Waals surface area contributed by atoms with Crippen LogP contribution in [-0.2, 0) is 0 Å². The highest BCUT2D eigenvalue weighted by Gasteiger charge is 2.35. The standard InChI is InChI=1S/C26H28N6O2/c27-21-8-9-22-23(16-21)25(34)32(24(22)33)11-5-4-10-30-12-14-31(15-13-30)26-28-17-20(18-29-26)19-6-2-1-3-7-19/h1-3,6-9,16-18H,4-5,10-15,27H2. The molecule has 1 aromatic heterocycles. The topological polar surface area (TPSA) is 95.7 Å². The van der Waals surface area contributed by atoms with Gasteiger partial charge in [-0.1, -0.05) is 30.3 Å². The Balaban J connectivity index is 1.06. The van der Waals surface area contributed by atoms with Crippen LogP contribution in [0.15, 0.2) is 60.9 Å². The molecule has 0 unspecified atom stereocenters. The van der Waals surface area contributed by atoms with Crippen LogP contribution in [0.5, 0.6) is 0 Å². The number of aromatic nitrogens is 2. The highest BCUT2D eigenvalue weighted by atomic mass is 16.2. The van der Waals surface area contributed by atoms with Gasteiger partial charge in [-0.15, -0.1) is 0 Å². The molecular formula is C26H28N6O2. The first-order valence-corrected chi connectivity index (χ1v) is 11.7. The predicted octanol–water partition coefficient (Wildman–Crippen LogP) is 2.92. The summed E-state index contributed by atoms with van der Waals surface area (Å²) in [6, 6.07) is 15.0. The number of hydrogen-bond donors (Lipinski definition) is 1. The molecule has 3 heterocycles. The SMILES string of the molecule is Nc1ccc2c(c1)C(=O)N(CCCCN1CCN(c3ncc(-c4ccccc4)cn3)CC1)C2=O. The quantitative estimate of drug-likeness (QED) is 0.332. The van der Waals surface area contributed by atoms with Gasteiger partial charge in [0.05, 0.1) is 11.1 Å². The number of carbonyl (C=O) groups is 2. The van der Waals surface area contributed by atoms with Gasteiger partial charge < -0.3 is 10.6 Å². The zero-order chi connectivity index (χ0) is 23.5. The molecule has 2 aliphatic heterocycles. The lowest BCUT2D eigenvalue weighted by Gasteiger charge is -2.34. The molecule has 0 spiro atoms. The molecule has 2 amide bonds. The molecule has 0 radical (unpaired) electrons. The lowest BCUT2D eigenvalue weighted by atomic mass is 10.1. The molecule has 2 N–H and O–H groups in total. The maximum Gasteiger partial charge on any atom is 0.261 e. The molecule has 1 fully saturated rings. The van der Waals surface area contributed by atoms with Crippen LogP contribution in [-0.4, -0.2) is 70.9 Å². The molecule has 8 nitrogen and oxygen atoms in total. The molecule has 3 aromatic rings. The van der Waals surface area contributed by atoms with Gasteiger partial charge in [-0.3, -0.25) is 19.4 Å². The first-order chi connectivity index (χ1) is 16.6. The number of amides is 2. The molecule has 34 heavy (non-hydrogen) atoms. The van der Waals surface area contributed by atoms with Crippen molar-refractivity contribution in [3.8, 4) is 11.1 Å². The molecule has 5 rings (SSSR count). The number of rotatable bonds is 7. The Bertz CT molecular complexity index is 1170. The van der Waals surface area contributed by atoms with Crippen molar-refractivity contribution in [3.05, 3.63) is 72.1 Å². The van der Waals surface area contributed by atoms with Gasteiger partial charge >= 0.3 is 0 Å². The third-order valence-corrected chi connectivity index (χ3v) is 6.50. The zero-order valence-electron chi connectivity index (χ0n) is 19.1. The third-order valence-electron chi connectivity index (χ3n) is 6.50. The smallest absolute Gasteiger partial charge is 0.261 e. The Morgan fingerprint density at radius 2 is 1.44 bits per heavy atom. The second kappa shape index (κ2) is 9.61. The van der Waals surface area contributed by atoms with Crippen LogP contribution in [0.1, 0.15) is 33.6 Å². The summed E-state index contributed by atoms with van der Waals surface area (Å²) in [6.45, 7) is 5.02. The Hall–Kier alpha value is -3.78. The van der Waals surface area contributed by atoms with Gasteiger partial charge in [0, 0.05) is 56.4 Å². The van der Waals surface area contributed by atoms with Crippen molar-refractivity contribution in [2.45, 2.75) is 12.8 Å². The maximum atomic E-state index is 12.5. The summed E-state index contributed by atoms with van der Waals surface area (Å²) >= 11 is 0. The number of anilines is 2. The monoisotopic (exact) mass is 456 g/mol. The van der Waals surface area contributed by atoms with E-state index in [1.165, 1.54) is 4.90 Å². The van der Waals surface area contributed by atoms with E-state index in [-0.39, 0.29) is 11.8 Å². The minimum atomic E-state index is -0.237. The predicted molar refractivity (Wildman–Crippen MR) is 132 cm³/mol.